The number of aliphatic hydroxyl groups is 1. The van der Waals surface area contributed by atoms with Gasteiger partial charge in [-0.05, 0) is 35.4 Å². The van der Waals surface area contributed by atoms with Crippen LogP contribution in [0.1, 0.15) is 17.2 Å². The van der Waals surface area contributed by atoms with Gasteiger partial charge in [0.25, 0.3) is 5.91 Å². The summed E-state index contributed by atoms with van der Waals surface area (Å²) in [6, 6.07) is 26.1. The Bertz CT molecular complexity index is 855. The molecule has 3 N–H and O–H groups in total. The van der Waals surface area contributed by atoms with Crippen LogP contribution in [0.3, 0.4) is 0 Å². The van der Waals surface area contributed by atoms with Crippen LogP contribution in [0.4, 0.5) is 5.69 Å². The van der Waals surface area contributed by atoms with Gasteiger partial charge in [0, 0.05) is 16.7 Å². The van der Waals surface area contributed by atoms with Gasteiger partial charge in [-0.2, -0.15) is 0 Å². The van der Waals surface area contributed by atoms with Crippen LogP contribution in [-0.2, 0) is 11.3 Å². The summed E-state index contributed by atoms with van der Waals surface area (Å²) in [7, 11) is 0. The largest absolute Gasteiger partial charge is 0.381 e. The van der Waals surface area contributed by atoms with Crippen molar-refractivity contribution in [1.29, 1.82) is 0 Å². The van der Waals surface area contributed by atoms with E-state index in [1.165, 1.54) is 0 Å². The number of benzene rings is 3. The molecule has 0 saturated carbocycles. The van der Waals surface area contributed by atoms with Crippen molar-refractivity contribution in [2.75, 3.05) is 5.32 Å². The van der Waals surface area contributed by atoms with Gasteiger partial charge in [0.05, 0.1) is 6.04 Å². The lowest BCUT2D eigenvalue weighted by atomic mass is 10.00. The van der Waals surface area contributed by atoms with Crippen LogP contribution in [0.5, 0.6) is 0 Å². The minimum Gasteiger partial charge on any atom is -0.381 e. The molecule has 0 unspecified atom stereocenters. The molecule has 0 heterocycles. The number of anilines is 1. The summed E-state index contributed by atoms with van der Waals surface area (Å²) in [5.41, 5.74) is 2.64. The summed E-state index contributed by atoms with van der Waals surface area (Å²) < 4.78 is 0.963. The van der Waals surface area contributed by atoms with Crippen LogP contribution in [-0.4, -0.2) is 17.1 Å². The smallest absolute Gasteiger partial charge is 0.251 e. The predicted molar refractivity (Wildman–Crippen MR) is 111 cm³/mol. The Hall–Kier alpha value is -2.63. The van der Waals surface area contributed by atoms with Gasteiger partial charge in [-0.15, -0.1) is 0 Å². The van der Waals surface area contributed by atoms with Crippen molar-refractivity contribution < 1.29 is 9.90 Å². The topological polar surface area (TPSA) is 61.4 Å². The minimum atomic E-state index is -1.24. The molecule has 0 aliphatic rings. The molecule has 0 aromatic heterocycles. The molecule has 2 atom stereocenters. The number of halogens is 1. The zero-order valence-electron chi connectivity index (χ0n) is 14.7. The maximum atomic E-state index is 12.6. The second kappa shape index (κ2) is 9.35. The highest BCUT2D eigenvalue weighted by molar-refractivity contribution is 9.10. The summed E-state index contributed by atoms with van der Waals surface area (Å²) in [5.74, 6) is -0.419. The summed E-state index contributed by atoms with van der Waals surface area (Å²) in [6.45, 7) is 0.372. The molecule has 1 amide bonds. The van der Waals surface area contributed by atoms with Crippen molar-refractivity contribution in [2.24, 2.45) is 0 Å². The Labute approximate surface area is 167 Å². The third-order valence-corrected chi connectivity index (χ3v) is 4.75. The summed E-state index contributed by atoms with van der Waals surface area (Å²) in [6.07, 6.45) is -1.24. The number of carbonyl (C=O) groups is 1. The molecule has 0 fully saturated rings. The summed E-state index contributed by atoms with van der Waals surface area (Å²) in [4.78, 5) is 12.6. The Morgan fingerprint density at radius 3 is 2.11 bits per heavy atom. The fraction of sp³-hybridized carbons (Fsp3) is 0.136. The maximum Gasteiger partial charge on any atom is 0.251 e. The molecule has 0 bridgehead atoms. The molecule has 0 aliphatic carbocycles. The van der Waals surface area contributed by atoms with E-state index in [0.29, 0.717) is 6.54 Å². The lowest BCUT2D eigenvalue weighted by Crippen LogP contribution is -2.40. The SMILES string of the molecule is O=C(NCc1ccccc1)[C@H](O)[C@H](Nc1ccc(Br)cc1)c1ccccc1. The fourth-order valence-corrected chi connectivity index (χ4v) is 3.04. The van der Waals surface area contributed by atoms with Crippen LogP contribution in [0.15, 0.2) is 89.4 Å². The van der Waals surface area contributed by atoms with E-state index in [4.69, 9.17) is 0 Å². The Morgan fingerprint density at radius 2 is 1.48 bits per heavy atom. The number of amides is 1. The van der Waals surface area contributed by atoms with Gasteiger partial charge >= 0.3 is 0 Å². The molecule has 5 heteroatoms. The van der Waals surface area contributed by atoms with E-state index in [-0.39, 0.29) is 0 Å². The van der Waals surface area contributed by atoms with Gasteiger partial charge in [0.15, 0.2) is 6.10 Å². The Balaban J connectivity index is 1.74. The molecule has 27 heavy (non-hydrogen) atoms. The quantitative estimate of drug-likeness (QED) is 0.530. The van der Waals surface area contributed by atoms with E-state index < -0.39 is 18.1 Å². The minimum absolute atomic E-state index is 0.372. The third-order valence-electron chi connectivity index (χ3n) is 4.22. The highest BCUT2D eigenvalue weighted by Gasteiger charge is 2.27. The molecule has 0 saturated heterocycles. The normalized spacial score (nSPS) is 12.8. The van der Waals surface area contributed by atoms with Crippen molar-refractivity contribution >= 4 is 27.5 Å². The molecule has 4 nitrogen and oxygen atoms in total. The van der Waals surface area contributed by atoms with E-state index in [2.05, 4.69) is 26.6 Å². The molecule has 3 aromatic carbocycles. The number of hydrogen-bond donors (Lipinski definition) is 3. The van der Waals surface area contributed by atoms with Crippen molar-refractivity contribution in [3.8, 4) is 0 Å². The molecule has 3 rings (SSSR count). The highest BCUT2D eigenvalue weighted by atomic mass is 79.9. The van der Waals surface area contributed by atoms with Crippen LogP contribution < -0.4 is 10.6 Å². The van der Waals surface area contributed by atoms with Gasteiger partial charge in [-0.25, -0.2) is 0 Å². The molecule has 3 aromatic rings. The van der Waals surface area contributed by atoms with Crippen LogP contribution in [0, 0.1) is 0 Å². The van der Waals surface area contributed by atoms with E-state index in [1.807, 2.05) is 84.9 Å². The first kappa shape index (κ1) is 19.1. The highest BCUT2D eigenvalue weighted by Crippen LogP contribution is 2.24. The number of nitrogens with one attached hydrogen (secondary N) is 2. The molecule has 0 spiro atoms. The van der Waals surface area contributed by atoms with Crippen molar-refractivity contribution in [1.82, 2.24) is 5.32 Å². The Morgan fingerprint density at radius 1 is 0.889 bits per heavy atom. The van der Waals surface area contributed by atoms with Crippen molar-refractivity contribution in [2.45, 2.75) is 18.7 Å². The number of aliphatic hydroxyl groups excluding tert-OH is 1. The van der Waals surface area contributed by atoms with Crippen LogP contribution >= 0.6 is 15.9 Å². The van der Waals surface area contributed by atoms with Crippen molar-refractivity contribution in [3.63, 3.8) is 0 Å². The molecule has 138 valence electrons. The molecular weight excluding hydrogens is 404 g/mol. The monoisotopic (exact) mass is 424 g/mol. The first-order valence-electron chi connectivity index (χ1n) is 8.70. The van der Waals surface area contributed by atoms with Gasteiger partial charge in [-0.1, -0.05) is 76.6 Å². The van der Waals surface area contributed by atoms with E-state index in [1.54, 1.807) is 0 Å². The number of hydrogen-bond acceptors (Lipinski definition) is 3. The summed E-state index contributed by atoms with van der Waals surface area (Å²) >= 11 is 3.41. The number of rotatable bonds is 7. The standard InChI is InChI=1S/C22H21BrN2O2/c23-18-11-13-19(14-12-18)25-20(17-9-5-2-6-10-17)21(26)22(27)24-15-16-7-3-1-4-8-16/h1-14,20-21,25-26H,15H2,(H,24,27)/t20-,21-/m1/s1. The van der Waals surface area contributed by atoms with Gasteiger partial charge in [0.1, 0.15) is 0 Å². The second-order valence-electron chi connectivity index (χ2n) is 6.19. The molecular formula is C22H21BrN2O2. The summed E-state index contributed by atoms with van der Waals surface area (Å²) in [5, 5.41) is 16.8. The first-order valence-corrected chi connectivity index (χ1v) is 9.49. The zero-order chi connectivity index (χ0) is 19.1. The van der Waals surface area contributed by atoms with E-state index in [9.17, 15) is 9.90 Å². The van der Waals surface area contributed by atoms with Crippen molar-refractivity contribution in [3.05, 3.63) is 101 Å². The molecule has 0 aliphatic heterocycles. The van der Waals surface area contributed by atoms with Crippen LogP contribution in [0.25, 0.3) is 0 Å². The van der Waals surface area contributed by atoms with Gasteiger partial charge < -0.3 is 15.7 Å². The molecule has 0 radical (unpaired) electrons. The predicted octanol–water partition coefficient (Wildman–Crippen LogP) is 4.28. The maximum absolute atomic E-state index is 12.6. The van der Waals surface area contributed by atoms with E-state index >= 15 is 0 Å². The van der Waals surface area contributed by atoms with Gasteiger partial charge in [0.2, 0.25) is 0 Å². The third kappa shape index (κ3) is 5.42. The number of carbonyl (C=O) groups excluding carboxylic acids is 1. The van der Waals surface area contributed by atoms with Crippen LogP contribution in [0.2, 0.25) is 0 Å². The Kier molecular flexibility index (Phi) is 6.63. The lowest BCUT2D eigenvalue weighted by molar-refractivity contribution is -0.130. The average Bonchev–Trinajstić information content (AvgIpc) is 2.72. The zero-order valence-corrected chi connectivity index (χ0v) is 16.3. The fourth-order valence-electron chi connectivity index (χ4n) is 2.77. The first-order chi connectivity index (χ1) is 13.1. The van der Waals surface area contributed by atoms with E-state index in [0.717, 1.165) is 21.3 Å². The second-order valence-corrected chi connectivity index (χ2v) is 7.10. The van der Waals surface area contributed by atoms with Gasteiger partial charge in [-0.3, -0.25) is 4.79 Å². The average molecular weight is 425 g/mol. The lowest BCUT2D eigenvalue weighted by Gasteiger charge is -2.25.